The lowest BCUT2D eigenvalue weighted by Crippen LogP contribution is -2.39. The topological polar surface area (TPSA) is 20.2 Å². The molecule has 90 valence electrons. The third-order valence-corrected chi connectivity index (χ3v) is 4.81. The van der Waals surface area contributed by atoms with Gasteiger partial charge in [0.15, 0.2) is 0 Å². The van der Waals surface area contributed by atoms with E-state index in [1.807, 2.05) is 12.1 Å². The first-order valence-corrected chi connectivity index (χ1v) is 6.98. The molecule has 2 rings (SSSR count). The van der Waals surface area contributed by atoms with Crippen molar-refractivity contribution >= 4 is 22.9 Å². The van der Waals surface area contributed by atoms with Crippen LogP contribution < -0.4 is 0 Å². The van der Waals surface area contributed by atoms with Crippen LogP contribution in [0.2, 0.25) is 4.34 Å². The summed E-state index contributed by atoms with van der Waals surface area (Å²) in [7, 11) is 0. The van der Waals surface area contributed by atoms with E-state index >= 15 is 0 Å². The summed E-state index contributed by atoms with van der Waals surface area (Å²) in [5, 5.41) is 10.8. The summed E-state index contributed by atoms with van der Waals surface area (Å²) in [4.78, 5) is 1.03. The molecule has 0 aliphatic heterocycles. The van der Waals surface area contributed by atoms with Gasteiger partial charge in [-0.3, -0.25) is 0 Å². The van der Waals surface area contributed by atoms with Gasteiger partial charge in [0, 0.05) is 4.88 Å². The molecule has 0 bridgehead atoms. The van der Waals surface area contributed by atoms with Crippen molar-refractivity contribution < 1.29 is 5.11 Å². The minimum atomic E-state index is -0.668. The van der Waals surface area contributed by atoms with Crippen molar-refractivity contribution in [2.75, 3.05) is 0 Å². The first-order chi connectivity index (χ1) is 7.31. The fourth-order valence-corrected chi connectivity index (χ4v) is 4.42. The quantitative estimate of drug-likeness (QED) is 0.790. The lowest BCUT2D eigenvalue weighted by molar-refractivity contribution is -0.0608. The zero-order valence-electron chi connectivity index (χ0n) is 10.1. The van der Waals surface area contributed by atoms with Gasteiger partial charge in [0.05, 0.1) is 9.94 Å². The summed E-state index contributed by atoms with van der Waals surface area (Å²) in [6, 6.07) is 3.85. The van der Waals surface area contributed by atoms with Crippen LogP contribution in [0, 0.1) is 11.3 Å². The van der Waals surface area contributed by atoms with E-state index in [2.05, 4.69) is 20.8 Å². The fourth-order valence-electron chi connectivity index (χ4n) is 3.28. The second-order valence-electron chi connectivity index (χ2n) is 5.99. The van der Waals surface area contributed by atoms with Gasteiger partial charge in [-0.25, -0.2) is 0 Å². The summed E-state index contributed by atoms with van der Waals surface area (Å²) in [5.41, 5.74) is -0.456. The molecule has 1 N–H and O–H groups in total. The first-order valence-electron chi connectivity index (χ1n) is 5.79. The van der Waals surface area contributed by atoms with Crippen molar-refractivity contribution in [1.82, 2.24) is 0 Å². The van der Waals surface area contributed by atoms with E-state index in [1.54, 1.807) is 0 Å². The second kappa shape index (κ2) is 4.01. The molecule has 1 aliphatic carbocycles. The maximum atomic E-state index is 10.8. The summed E-state index contributed by atoms with van der Waals surface area (Å²) in [5.74, 6) is 0.564. The minimum absolute atomic E-state index is 0.211. The Bertz CT molecular complexity index is 385. The van der Waals surface area contributed by atoms with Gasteiger partial charge in [0.25, 0.3) is 0 Å². The normalized spacial score (nSPS) is 33.9. The number of rotatable bonds is 1. The number of thiophene rings is 1. The molecule has 1 aromatic rings. The highest BCUT2D eigenvalue weighted by molar-refractivity contribution is 7.16. The Labute approximate surface area is 106 Å². The zero-order chi connectivity index (χ0) is 12.0. The molecule has 0 spiro atoms. The third-order valence-electron chi connectivity index (χ3n) is 3.39. The molecular formula is C13H19ClOS. The first kappa shape index (κ1) is 12.4. The molecule has 1 aliphatic rings. The molecule has 2 atom stereocenters. The predicted molar refractivity (Wildman–Crippen MR) is 70.0 cm³/mol. The maximum absolute atomic E-state index is 10.8. The molecular weight excluding hydrogens is 240 g/mol. The van der Waals surface area contributed by atoms with E-state index < -0.39 is 5.60 Å². The van der Waals surface area contributed by atoms with Gasteiger partial charge in [0.2, 0.25) is 0 Å². The predicted octanol–water partition coefficient (Wildman–Crippen LogP) is 4.44. The van der Waals surface area contributed by atoms with E-state index in [1.165, 1.54) is 17.8 Å². The van der Waals surface area contributed by atoms with Gasteiger partial charge in [0.1, 0.15) is 0 Å². The highest BCUT2D eigenvalue weighted by Gasteiger charge is 2.43. The van der Waals surface area contributed by atoms with Crippen LogP contribution in [0.4, 0.5) is 0 Å². The zero-order valence-corrected chi connectivity index (χ0v) is 11.7. The smallest absolute Gasteiger partial charge is 0.0996 e. The van der Waals surface area contributed by atoms with Crippen LogP contribution in [0.1, 0.15) is 44.9 Å². The largest absolute Gasteiger partial charge is 0.384 e. The molecule has 1 heterocycles. The van der Waals surface area contributed by atoms with E-state index in [0.717, 1.165) is 22.1 Å². The number of aliphatic hydroxyl groups is 1. The van der Waals surface area contributed by atoms with E-state index in [-0.39, 0.29) is 5.41 Å². The van der Waals surface area contributed by atoms with Crippen molar-refractivity contribution in [1.29, 1.82) is 0 Å². The molecule has 1 aromatic heterocycles. The lowest BCUT2D eigenvalue weighted by atomic mass is 9.65. The molecule has 16 heavy (non-hydrogen) atoms. The van der Waals surface area contributed by atoms with Crippen LogP contribution in [-0.2, 0) is 5.60 Å². The Kier molecular flexibility index (Phi) is 3.11. The maximum Gasteiger partial charge on any atom is 0.0996 e. The number of hydrogen-bond acceptors (Lipinski definition) is 2. The number of halogens is 1. The molecule has 1 saturated carbocycles. The molecule has 1 nitrogen and oxygen atoms in total. The van der Waals surface area contributed by atoms with E-state index in [9.17, 15) is 5.11 Å². The summed E-state index contributed by atoms with van der Waals surface area (Å²) in [6.45, 7) is 6.70. The van der Waals surface area contributed by atoms with Crippen LogP contribution in [-0.4, -0.2) is 5.11 Å². The molecule has 2 unspecified atom stereocenters. The molecule has 0 aromatic carbocycles. The fraction of sp³-hybridized carbons (Fsp3) is 0.692. The Morgan fingerprint density at radius 3 is 2.56 bits per heavy atom. The molecule has 0 radical (unpaired) electrons. The van der Waals surface area contributed by atoms with Crippen LogP contribution in [0.3, 0.4) is 0 Å². The van der Waals surface area contributed by atoms with Gasteiger partial charge >= 0.3 is 0 Å². The monoisotopic (exact) mass is 258 g/mol. The Hall–Kier alpha value is -0.0500. The molecule has 3 heteroatoms. The molecule has 0 amide bonds. The van der Waals surface area contributed by atoms with Gasteiger partial charge < -0.3 is 5.11 Å². The van der Waals surface area contributed by atoms with E-state index in [4.69, 9.17) is 11.6 Å². The average molecular weight is 259 g/mol. The Morgan fingerprint density at radius 2 is 2.06 bits per heavy atom. The van der Waals surface area contributed by atoms with Crippen LogP contribution in [0.15, 0.2) is 12.1 Å². The van der Waals surface area contributed by atoms with Crippen LogP contribution in [0.5, 0.6) is 0 Å². The van der Waals surface area contributed by atoms with Gasteiger partial charge in [-0.1, -0.05) is 32.4 Å². The minimum Gasteiger partial charge on any atom is -0.384 e. The second-order valence-corrected chi connectivity index (χ2v) is 7.70. The highest BCUT2D eigenvalue weighted by Crippen LogP contribution is 2.50. The van der Waals surface area contributed by atoms with Crippen molar-refractivity contribution in [3.8, 4) is 0 Å². The molecule has 1 fully saturated rings. The average Bonchev–Trinajstić information content (AvgIpc) is 2.47. The Balaban J connectivity index is 2.30. The molecule has 0 saturated heterocycles. The van der Waals surface area contributed by atoms with Gasteiger partial charge in [-0.2, -0.15) is 0 Å². The van der Waals surface area contributed by atoms with Gasteiger partial charge in [-0.15, -0.1) is 11.3 Å². The lowest BCUT2D eigenvalue weighted by Gasteiger charge is -2.44. The van der Waals surface area contributed by atoms with Crippen molar-refractivity contribution in [3.63, 3.8) is 0 Å². The Morgan fingerprint density at radius 1 is 1.38 bits per heavy atom. The van der Waals surface area contributed by atoms with Crippen LogP contribution in [0.25, 0.3) is 0 Å². The van der Waals surface area contributed by atoms with Crippen LogP contribution >= 0.6 is 22.9 Å². The number of hydrogen-bond donors (Lipinski definition) is 1. The standard InChI is InChI=1S/C13H19ClOS/c1-9-6-12(2,3)8-13(15,7-9)10-4-5-11(14)16-10/h4-5,9,15H,6-8H2,1-3H3. The summed E-state index contributed by atoms with van der Waals surface area (Å²) < 4.78 is 0.763. The third kappa shape index (κ3) is 2.44. The highest BCUT2D eigenvalue weighted by atomic mass is 35.5. The SMILES string of the molecule is CC1CC(C)(C)CC(O)(c2ccc(Cl)s2)C1. The summed E-state index contributed by atoms with van der Waals surface area (Å²) in [6.07, 6.45) is 2.88. The summed E-state index contributed by atoms with van der Waals surface area (Å²) >= 11 is 7.47. The van der Waals surface area contributed by atoms with Crippen molar-refractivity contribution in [2.45, 2.75) is 45.6 Å². The van der Waals surface area contributed by atoms with Crippen molar-refractivity contribution in [3.05, 3.63) is 21.3 Å². The van der Waals surface area contributed by atoms with Crippen molar-refractivity contribution in [2.24, 2.45) is 11.3 Å². The van der Waals surface area contributed by atoms with Gasteiger partial charge in [-0.05, 0) is 42.7 Å². The van der Waals surface area contributed by atoms with E-state index in [0.29, 0.717) is 5.92 Å².